The smallest absolute Gasteiger partial charge is 0.0511 e. The Morgan fingerprint density at radius 3 is 2.53 bits per heavy atom. The normalized spacial score (nSPS) is 12.9. The van der Waals surface area contributed by atoms with Gasteiger partial charge in [-0.25, -0.2) is 0 Å². The van der Waals surface area contributed by atoms with Crippen molar-refractivity contribution in [1.29, 1.82) is 0 Å². The number of alkyl halides is 2. The van der Waals surface area contributed by atoms with Crippen LogP contribution in [0.4, 0.5) is 0 Å². The Balaban J connectivity index is 2.42. The molecule has 0 aromatic heterocycles. The predicted octanol–water partition coefficient (Wildman–Crippen LogP) is 4.23. The Labute approximate surface area is 99.8 Å². The van der Waals surface area contributed by atoms with E-state index >= 15 is 0 Å². The van der Waals surface area contributed by atoms with Crippen molar-refractivity contribution in [2.45, 2.75) is 11.8 Å². The van der Waals surface area contributed by atoms with E-state index in [4.69, 9.17) is 23.2 Å². The van der Waals surface area contributed by atoms with Crippen LogP contribution < -0.4 is 0 Å². The van der Waals surface area contributed by atoms with Crippen molar-refractivity contribution in [3.8, 4) is 0 Å². The van der Waals surface area contributed by atoms with Crippen LogP contribution in [0.25, 0.3) is 10.8 Å². The highest BCUT2D eigenvalue weighted by Gasteiger charge is 2.06. The van der Waals surface area contributed by atoms with E-state index in [0.29, 0.717) is 5.88 Å². The molecule has 0 fully saturated rings. The number of halogens is 2. The number of fused-ring (bicyclic) bond motifs is 1. The molecule has 0 amide bonds. The van der Waals surface area contributed by atoms with Gasteiger partial charge in [0.1, 0.15) is 0 Å². The maximum Gasteiger partial charge on any atom is 0.0511 e. The topological polar surface area (TPSA) is 0 Å². The zero-order chi connectivity index (χ0) is 10.7. The van der Waals surface area contributed by atoms with E-state index in [-0.39, 0.29) is 5.38 Å². The molecule has 0 spiro atoms. The van der Waals surface area contributed by atoms with Crippen LogP contribution in [0.1, 0.15) is 5.56 Å². The first kappa shape index (κ1) is 10.8. The number of benzene rings is 2. The molecule has 78 valence electrons. The minimum absolute atomic E-state index is 0.0115. The Kier molecular flexibility index (Phi) is 3.50. The Bertz CT molecular complexity index is 446. The Morgan fingerprint density at radius 2 is 1.73 bits per heavy atom. The molecule has 0 aliphatic carbocycles. The first-order chi connectivity index (χ1) is 7.31. The summed E-state index contributed by atoms with van der Waals surface area (Å²) >= 11 is 11.8. The summed E-state index contributed by atoms with van der Waals surface area (Å²) < 4.78 is 0. The van der Waals surface area contributed by atoms with Gasteiger partial charge in [-0.05, 0) is 22.8 Å². The van der Waals surface area contributed by atoms with Crippen molar-refractivity contribution in [1.82, 2.24) is 0 Å². The summed E-state index contributed by atoms with van der Waals surface area (Å²) in [6.45, 7) is 0. The van der Waals surface area contributed by atoms with Gasteiger partial charge in [0.2, 0.25) is 0 Å². The average Bonchev–Trinajstić information content (AvgIpc) is 2.29. The second-order valence-corrected chi connectivity index (χ2v) is 4.52. The standard InChI is InChI=1S/C13H12Cl2/c14-9-12(15)8-11-6-3-5-10-4-1-2-7-13(10)11/h1-7,12H,8-9H2. The summed E-state index contributed by atoms with van der Waals surface area (Å²) in [5.41, 5.74) is 1.27. The molecule has 2 aromatic rings. The molecule has 15 heavy (non-hydrogen) atoms. The van der Waals surface area contributed by atoms with Crippen LogP contribution in [0.5, 0.6) is 0 Å². The van der Waals surface area contributed by atoms with Gasteiger partial charge in [0.25, 0.3) is 0 Å². The van der Waals surface area contributed by atoms with Gasteiger partial charge < -0.3 is 0 Å². The van der Waals surface area contributed by atoms with E-state index in [1.165, 1.54) is 16.3 Å². The lowest BCUT2D eigenvalue weighted by atomic mass is 10.0. The molecular formula is C13H12Cl2. The number of hydrogen-bond donors (Lipinski definition) is 0. The van der Waals surface area contributed by atoms with Gasteiger partial charge in [0, 0.05) is 5.88 Å². The van der Waals surface area contributed by atoms with Crippen molar-refractivity contribution in [2.24, 2.45) is 0 Å². The van der Waals surface area contributed by atoms with Gasteiger partial charge in [0.05, 0.1) is 5.38 Å². The Hall–Kier alpha value is -0.720. The first-order valence-corrected chi connectivity index (χ1v) is 5.95. The molecule has 0 saturated carbocycles. The van der Waals surface area contributed by atoms with Crippen molar-refractivity contribution in [3.05, 3.63) is 48.0 Å². The van der Waals surface area contributed by atoms with E-state index < -0.39 is 0 Å². The summed E-state index contributed by atoms with van der Waals surface area (Å²) in [4.78, 5) is 0. The highest BCUT2D eigenvalue weighted by molar-refractivity contribution is 6.28. The van der Waals surface area contributed by atoms with Gasteiger partial charge in [-0.15, -0.1) is 23.2 Å². The second-order valence-electron chi connectivity index (χ2n) is 3.59. The Morgan fingerprint density at radius 1 is 1.00 bits per heavy atom. The predicted molar refractivity (Wildman–Crippen MR) is 68.0 cm³/mol. The number of rotatable bonds is 3. The van der Waals surface area contributed by atoms with Crippen LogP contribution in [0.3, 0.4) is 0 Å². The van der Waals surface area contributed by atoms with Gasteiger partial charge in [-0.2, -0.15) is 0 Å². The largest absolute Gasteiger partial charge is 0.125 e. The lowest BCUT2D eigenvalue weighted by Gasteiger charge is -2.08. The molecule has 0 saturated heterocycles. The molecule has 0 N–H and O–H groups in total. The molecular weight excluding hydrogens is 227 g/mol. The molecule has 0 aliphatic heterocycles. The molecule has 1 unspecified atom stereocenters. The first-order valence-electron chi connectivity index (χ1n) is 4.98. The summed E-state index contributed by atoms with van der Waals surface area (Å²) in [7, 11) is 0. The van der Waals surface area contributed by atoms with Crippen LogP contribution >= 0.6 is 23.2 Å². The van der Waals surface area contributed by atoms with Crippen LogP contribution in [0, 0.1) is 0 Å². The maximum atomic E-state index is 6.07. The van der Waals surface area contributed by atoms with Crippen molar-refractivity contribution in [2.75, 3.05) is 5.88 Å². The fourth-order valence-electron chi connectivity index (χ4n) is 1.76. The van der Waals surface area contributed by atoms with Gasteiger partial charge >= 0.3 is 0 Å². The molecule has 0 nitrogen and oxygen atoms in total. The van der Waals surface area contributed by atoms with Gasteiger partial charge in [-0.1, -0.05) is 42.5 Å². The van der Waals surface area contributed by atoms with Crippen molar-refractivity contribution in [3.63, 3.8) is 0 Å². The minimum atomic E-state index is 0.0115. The monoisotopic (exact) mass is 238 g/mol. The summed E-state index contributed by atoms with van der Waals surface area (Å²) in [5.74, 6) is 0.491. The molecule has 0 aliphatic rings. The van der Waals surface area contributed by atoms with Gasteiger partial charge in [0.15, 0.2) is 0 Å². The van der Waals surface area contributed by atoms with E-state index in [2.05, 4.69) is 36.4 Å². The molecule has 2 aromatic carbocycles. The van der Waals surface area contributed by atoms with Crippen LogP contribution in [0.2, 0.25) is 0 Å². The summed E-state index contributed by atoms with van der Waals surface area (Å²) in [5, 5.41) is 2.54. The average molecular weight is 239 g/mol. The van der Waals surface area contributed by atoms with E-state index in [1.807, 2.05) is 6.07 Å². The second kappa shape index (κ2) is 4.87. The van der Waals surface area contributed by atoms with Crippen molar-refractivity contribution >= 4 is 34.0 Å². The fourth-order valence-corrected chi connectivity index (χ4v) is 2.04. The molecule has 0 bridgehead atoms. The third kappa shape index (κ3) is 2.45. The third-order valence-electron chi connectivity index (χ3n) is 2.49. The lowest BCUT2D eigenvalue weighted by molar-refractivity contribution is 0.946. The molecule has 0 heterocycles. The molecule has 2 heteroatoms. The van der Waals surface area contributed by atoms with E-state index in [0.717, 1.165) is 6.42 Å². The highest BCUT2D eigenvalue weighted by atomic mass is 35.5. The quantitative estimate of drug-likeness (QED) is 0.703. The molecule has 0 radical (unpaired) electrons. The molecule has 2 rings (SSSR count). The van der Waals surface area contributed by atoms with Crippen LogP contribution in [-0.4, -0.2) is 11.3 Å². The summed E-state index contributed by atoms with van der Waals surface area (Å²) in [6.07, 6.45) is 0.826. The lowest BCUT2D eigenvalue weighted by Crippen LogP contribution is -2.04. The minimum Gasteiger partial charge on any atom is -0.125 e. The zero-order valence-electron chi connectivity index (χ0n) is 8.29. The fraction of sp³-hybridized carbons (Fsp3) is 0.231. The SMILES string of the molecule is ClCC(Cl)Cc1cccc2ccccc12. The van der Waals surface area contributed by atoms with Crippen LogP contribution in [-0.2, 0) is 6.42 Å². The van der Waals surface area contributed by atoms with E-state index in [1.54, 1.807) is 0 Å². The maximum absolute atomic E-state index is 6.07. The third-order valence-corrected chi connectivity index (χ3v) is 3.33. The highest BCUT2D eigenvalue weighted by Crippen LogP contribution is 2.21. The van der Waals surface area contributed by atoms with E-state index in [9.17, 15) is 0 Å². The van der Waals surface area contributed by atoms with Crippen LogP contribution in [0.15, 0.2) is 42.5 Å². The number of hydrogen-bond acceptors (Lipinski definition) is 0. The van der Waals surface area contributed by atoms with Crippen molar-refractivity contribution < 1.29 is 0 Å². The van der Waals surface area contributed by atoms with Gasteiger partial charge in [-0.3, -0.25) is 0 Å². The summed E-state index contributed by atoms with van der Waals surface area (Å²) in [6, 6.07) is 14.6. The molecule has 1 atom stereocenters. The zero-order valence-corrected chi connectivity index (χ0v) is 9.80.